The van der Waals surface area contributed by atoms with E-state index < -0.39 is 23.7 Å². The molecule has 24 heavy (non-hydrogen) atoms. The molecule has 6 nitrogen and oxygen atoms in total. The highest BCUT2D eigenvalue weighted by Gasteiger charge is 2.43. The number of amides is 1. The first-order chi connectivity index (χ1) is 11.3. The summed E-state index contributed by atoms with van der Waals surface area (Å²) in [7, 11) is 0. The zero-order chi connectivity index (χ0) is 17.7. The van der Waals surface area contributed by atoms with E-state index in [1.54, 1.807) is 20.8 Å². The molecule has 2 atom stereocenters. The van der Waals surface area contributed by atoms with Crippen molar-refractivity contribution in [2.45, 2.75) is 45.4 Å². The number of likely N-dealkylation sites (tertiary alicyclic amines) is 1. The maximum absolute atomic E-state index is 12.2. The second kappa shape index (κ2) is 7.66. The molecule has 1 aromatic carbocycles. The van der Waals surface area contributed by atoms with Gasteiger partial charge in [0.05, 0.1) is 13.2 Å². The fourth-order valence-electron chi connectivity index (χ4n) is 2.79. The van der Waals surface area contributed by atoms with E-state index in [0.29, 0.717) is 26.2 Å². The average molecular weight is 335 g/mol. The molecule has 1 saturated heterocycles. The van der Waals surface area contributed by atoms with Gasteiger partial charge in [-0.15, -0.1) is 0 Å². The van der Waals surface area contributed by atoms with E-state index in [2.05, 4.69) is 0 Å². The highest BCUT2D eigenvalue weighted by Crippen LogP contribution is 2.27. The van der Waals surface area contributed by atoms with E-state index in [9.17, 15) is 14.7 Å². The summed E-state index contributed by atoms with van der Waals surface area (Å²) >= 11 is 0. The molecule has 0 aromatic heterocycles. The molecule has 1 amide bonds. The van der Waals surface area contributed by atoms with E-state index in [1.807, 2.05) is 30.3 Å². The minimum Gasteiger partial charge on any atom is -0.480 e. The minimum absolute atomic E-state index is 0.237. The Balaban J connectivity index is 1.93. The number of hydrogen-bond donors (Lipinski definition) is 1. The van der Waals surface area contributed by atoms with Crippen LogP contribution in [0.1, 0.15) is 32.8 Å². The van der Waals surface area contributed by atoms with Gasteiger partial charge in [0.15, 0.2) is 0 Å². The number of aliphatic carboxylic acids is 1. The first-order valence-electron chi connectivity index (χ1n) is 8.12. The van der Waals surface area contributed by atoms with E-state index in [4.69, 9.17) is 9.47 Å². The van der Waals surface area contributed by atoms with Gasteiger partial charge in [-0.1, -0.05) is 30.3 Å². The molecule has 1 aliphatic rings. The predicted octanol–water partition coefficient (Wildman–Crippen LogP) is 2.91. The molecule has 0 saturated carbocycles. The third-order valence-electron chi connectivity index (χ3n) is 3.85. The quantitative estimate of drug-likeness (QED) is 0.895. The van der Waals surface area contributed by atoms with Crippen molar-refractivity contribution in [3.05, 3.63) is 35.9 Å². The maximum Gasteiger partial charge on any atom is 0.411 e. The van der Waals surface area contributed by atoms with E-state index >= 15 is 0 Å². The molecule has 1 aliphatic heterocycles. The van der Waals surface area contributed by atoms with Gasteiger partial charge < -0.3 is 14.6 Å². The lowest BCUT2D eigenvalue weighted by Crippen LogP contribution is -2.46. The lowest BCUT2D eigenvalue weighted by Gasteiger charge is -2.28. The number of hydrogen-bond acceptors (Lipinski definition) is 4. The molecule has 0 unspecified atom stereocenters. The number of benzene rings is 1. The van der Waals surface area contributed by atoms with Crippen LogP contribution >= 0.6 is 0 Å². The Morgan fingerprint density at radius 2 is 1.92 bits per heavy atom. The highest BCUT2D eigenvalue weighted by atomic mass is 16.6. The molecule has 1 aromatic rings. The summed E-state index contributed by atoms with van der Waals surface area (Å²) in [6.45, 7) is 6.37. The van der Waals surface area contributed by atoms with Crippen LogP contribution in [0.25, 0.3) is 0 Å². The molecule has 0 bridgehead atoms. The van der Waals surface area contributed by atoms with Gasteiger partial charge in [-0.2, -0.15) is 0 Å². The van der Waals surface area contributed by atoms with E-state index in [0.717, 1.165) is 5.56 Å². The van der Waals surface area contributed by atoms with Crippen LogP contribution in [0.4, 0.5) is 4.79 Å². The highest BCUT2D eigenvalue weighted by molar-refractivity contribution is 5.81. The molecule has 1 N–H and O–H groups in total. The Morgan fingerprint density at radius 3 is 2.50 bits per heavy atom. The first-order valence-corrected chi connectivity index (χ1v) is 8.12. The lowest BCUT2D eigenvalue weighted by molar-refractivity contribution is -0.144. The van der Waals surface area contributed by atoms with Crippen LogP contribution in [0.5, 0.6) is 0 Å². The number of carbonyl (C=O) groups excluding carboxylic acids is 1. The van der Waals surface area contributed by atoms with Gasteiger partial charge in [-0.25, -0.2) is 9.59 Å². The van der Waals surface area contributed by atoms with Crippen molar-refractivity contribution in [3.63, 3.8) is 0 Å². The summed E-state index contributed by atoms with van der Waals surface area (Å²) in [4.78, 5) is 25.1. The average Bonchev–Trinajstić information content (AvgIpc) is 2.91. The zero-order valence-electron chi connectivity index (χ0n) is 14.4. The number of carbonyl (C=O) groups is 2. The summed E-state index contributed by atoms with van der Waals surface area (Å²) in [5.74, 6) is -1.26. The predicted molar refractivity (Wildman–Crippen MR) is 88.6 cm³/mol. The van der Waals surface area contributed by atoms with Gasteiger partial charge in [0.2, 0.25) is 0 Å². The summed E-state index contributed by atoms with van der Waals surface area (Å²) in [6, 6.07) is 8.79. The number of nitrogens with zero attached hydrogens (tertiary/aromatic N) is 1. The van der Waals surface area contributed by atoms with Crippen LogP contribution in [0.2, 0.25) is 0 Å². The second-order valence-electron chi connectivity index (χ2n) is 7.01. The van der Waals surface area contributed by atoms with Crippen LogP contribution in [-0.2, 0) is 20.9 Å². The molecule has 1 heterocycles. The molecular weight excluding hydrogens is 310 g/mol. The fraction of sp³-hybridized carbons (Fsp3) is 0.556. The van der Waals surface area contributed by atoms with E-state index in [1.165, 1.54) is 4.90 Å². The molecule has 1 fully saturated rings. The lowest BCUT2D eigenvalue weighted by atomic mass is 10.0. The number of carboxylic acid groups (broad SMARTS) is 1. The number of carboxylic acids is 1. The standard InChI is InChI=1S/C18H25NO5/c1-18(2,3)24-17(22)19-10-9-14(15(19)16(20)21)12-23-11-13-7-5-4-6-8-13/h4-8,14-15H,9-12H2,1-3H3,(H,20,21)/t14-,15-/m0/s1. The summed E-state index contributed by atoms with van der Waals surface area (Å²) in [5.41, 5.74) is 0.383. The van der Waals surface area contributed by atoms with Crippen LogP contribution in [-0.4, -0.2) is 46.9 Å². The van der Waals surface area contributed by atoms with Crippen molar-refractivity contribution in [2.75, 3.05) is 13.2 Å². The first kappa shape index (κ1) is 18.3. The van der Waals surface area contributed by atoms with Crippen molar-refractivity contribution < 1.29 is 24.2 Å². The Labute approximate surface area is 142 Å². The Hall–Kier alpha value is -2.08. The SMILES string of the molecule is CC(C)(C)OC(=O)N1CC[C@@H](COCc2ccccc2)[C@H]1C(=O)O. The zero-order valence-corrected chi connectivity index (χ0v) is 14.4. The van der Waals surface area contributed by atoms with Crippen LogP contribution in [0.3, 0.4) is 0 Å². The van der Waals surface area contributed by atoms with Gasteiger partial charge in [0.25, 0.3) is 0 Å². The summed E-state index contributed by atoms with van der Waals surface area (Å²) in [5, 5.41) is 9.51. The molecule has 2 rings (SSSR count). The monoisotopic (exact) mass is 335 g/mol. The van der Waals surface area contributed by atoms with Crippen molar-refractivity contribution >= 4 is 12.1 Å². The third kappa shape index (κ3) is 4.96. The van der Waals surface area contributed by atoms with E-state index in [-0.39, 0.29) is 5.92 Å². The molecule has 0 radical (unpaired) electrons. The van der Waals surface area contributed by atoms with Crippen LogP contribution < -0.4 is 0 Å². The smallest absolute Gasteiger partial charge is 0.411 e. The molecule has 0 aliphatic carbocycles. The van der Waals surface area contributed by atoms with Crippen molar-refractivity contribution in [3.8, 4) is 0 Å². The van der Waals surface area contributed by atoms with Crippen molar-refractivity contribution in [1.82, 2.24) is 4.90 Å². The van der Waals surface area contributed by atoms with Gasteiger partial charge in [0, 0.05) is 12.5 Å². The number of rotatable bonds is 5. The molecule has 6 heteroatoms. The largest absolute Gasteiger partial charge is 0.480 e. The Kier molecular flexibility index (Phi) is 5.83. The summed E-state index contributed by atoms with van der Waals surface area (Å²) in [6.07, 6.45) is 0.00538. The van der Waals surface area contributed by atoms with Gasteiger partial charge in [-0.05, 0) is 32.8 Å². The van der Waals surface area contributed by atoms with Gasteiger partial charge in [-0.3, -0.25) is 4.90 Å². The molecule has 0 spiro atoms. The summed E-state index contributed by atoms with van der Waals surface area (Å²) < 4.78 is 11.0. The normalized spacial score (nSPS) is 20.9. The van der Waals surface area contributed by atoms with Crippen LogP contribution in [0, 0.1) is 5.92 Å². The van der Waals surface area contributed by atoms with Crippen LogP contribution in [0.15, 0.2) is 30.3 Å². The minimum atomic E-state index is -1.02. The third-order valence-corrected chi connectivity index (χ3v) is 3.85. The van der Waals surface area contributed by atoms with Crippen molar-refractivity contribution in [2.24, 2.45) is 5.92 Å². The van der Waals surface area contributed by atoms with Crippen molar-refractivity contribution in [1.29, 1.82) is 0 Å². The second-order valence-corrected chi connectivity index (χ2v) is 7.01. The topological polar surface area (TPSA) is 76.1 Å². The maximum atomic E-state index is 12.2. The Bertz CT molecular complexity index is 567. The Morgan fingerprint density at radius 1 is 1.25 bits per heavy atom. The molecule has 132 valence electrons. The van der Waals surface area contributed by atoms with Gasteiger partial charge in [0.1, 0.15) is 11.6 Å². The number of ether oxygens (including phenoxy) is 2. The fourth-order valence-corrected chi connectivity index (χ4v) is 2.79. The molecular formula is C18H25NO5. The van der Waals surface area contributed by atoms with Gasteiger partial charge >= 0.3 is 12.1 Å².